The average Bonchev–Trinajstić information content (AvgIpc) is 3.21. The lowest BCUT2D eigenvalue weighted by molar-refractivity contribution is -0.196. The minimum Gasteiger partial charge on any atom is -0.493 e. The highest BCUT2D eigenvalue weighted by Gasteiger charge is 2.47. The lowest BCUT2D eigenvalue weighted by atomic mass is 9.92. The Morgan fingerprint density at radius 2 is 1.94 bits per heavy atom. The number of sulfonamides is 1. The number of rotatable bonds is 13. The molecule has 2 aromatic rings. The molecule has 3 heterocycles. The molecule has 0 aliphatic carbocycles. The van der Waals surface area contributed by atoms with Gasteiger partial charge in [0.15, 0.2) is 24.0 Å². The molecule has 2 unspecified atom stereocenters. The van der Waals surface area contributed by atoms with E-state index in [-0.39, 0.29) is 47.2 Å². The molecule has 2 aromatic carbocycles. The Morgan fingerprint density at radius 1 is 1.18 bits per heavy atom. The van der Waals surface area contributed by atoms with E-state index in [1.54, 1.807) is 17.0 Å². The first kappa shape index (κ1) is 36.8. The van der Waals surface area contributed by atoms with Crippen molar-refractivity contribution in [3.8, 4) is 11.5 Å². The fourth-order valence-corrected chi connectivity index (χ4v) is 6.81. The third kappa shape index (κ3) is 8.11. The second-order valence-electron chi connectivity index (χ2n) is 11.8. The van der Waals surface area contributed by atoms with Crippen LogP contribution in [0.25, 0.3) is 5.57 Å². The van der Waals surface area contributed by atoms with Gasteiger partial charge in [-0.25, -0.2) is 22.8 Å². The van der Waals surface area contributed by atoms with Crippen molar-refractivity contribution in [2.45, 2.75) is 61.7 Å². The smallest absolute Gasteiger partial charge is 0.416 e. The first-order chi connectivity index (χ1) is 24.0. The lowest BCUT2D eigenvalue weighted by Crippen LogP contribution is -2.57. The molecular formula is C34H41N3O12S. The van der Waals surface area contributed by atoms with Crippen molar-refractivity contribution in [1.29, 1.82) is 0 Å². The maximum atomic E-state index is 14.4. The number of hydrogen-bond acceptors (Lipinski definition) is 11. The third-order valence-corrected chi connectivity index (χ3v) is 10.0. The number of ether oxygens (including phenoxy) is 5. The summed E-state index contributed by atoms with van der Waals surface area (Å²) < 4.78 is 56.4. The number of fused-ring (bicyclic) bond motifs is 2. The highest BCUT2D eigenvalue weighted by atomic mass is 32.2. The van der Waals surface area contributed by atoms with Crippen LogP contribution in [0.1, 0.15) is 48.0 Å². The minimum absolute atomic E-state index is 0.0352. The fraction of sp³-hybridized carbons (Fsp3) is 0.441. The standard InChI is InChI=1S/C34H41N3O12S/c1-4-14-47-34(42)37-26-19-29(48-20-23(38)17-30(39)40)28(45-3)18-25(26)32(41)36-13-12-22(21-8-10-24(11-9-21)50(43,44)35-2)16-27(36)33(37)49-31-7-5-6-15-46-31/h4,8-12,18-19,23,27,31,33,35,38H,1,5-7,13-17,20H2,2-3H3,(H,39,40)/t23-,27+,31?,33?/m1/s1. The van der Waals surface area contributed by atoms with Crippen molar-refractivity contribution in [2.24, 2.45) is 0 Å². The summed E-state index contributed by atoms with van der Waals surface area (Å²) in [5.41, 5.74) is 1.67. The number of aliphatic carboxylic acids is 1. The van der Waals surface area contributed by atoms with Crippen LogP contribution in [0.2, 0.25) is 0 Å². The molecule has 0 radical (unpaired) electrons. The normalized spacial score (nSPS) is 21.2. The van der Waals surface area contributed by atoms with E-state index in [0.717, 1.165) is 24.0 Å². The molecular weight excluding hydrogens is 674 g/mol. The van der Waals surface area contributed by atoms with Crippen molar-refractivity contribution in [2.75, 3.05) is 45.4 Å². The van der Waals surface area contributed by atoms with Crippen molar-refractivity contribution in [3.63, 3.8) is 0 Å². The number of hydrogen-bond donors (Lipinski definition) is 3. The number of carbonyl (C=O) groups excluding carboxylic acids is 2. The van der Waals surface area contributed by atoms with Crippen LogP contribution < -0.4 is 19.1 Å². The number of benzene rings is 2. The molecule has 0 bridgehead atoms. The highest BCUT2D eigenvalue weighted by molar-refractivity contribution is 7.89. The number of nitrogens with zero attached hydrogens (tertiary/aromatic N) is 2. The van der Waals surface area contributed by atoms with Crippen LogP contribution in [0.5, 0.6) is 11.5 Å². The van der Waals surface area contributed by atoms with Gasteiger partial charge in [0.2, 0.25) is 10.0 Å². The summed E-state index contributed by atoms with van der Waals surface area (Å²) in [6, 6.07) is 8.40. The first-order valence-electron chi connectivity index (χ1n) is 16.1. The molecule has 50 heavy (non-hydrogen) atoms. The monoisotopic (exact) mass is 715 g/mol. The van der Waals surface area contributed by atoms with Crippen molar-refractivity contribution < 1.29 is 56.7 Å². The number of anilines is 1. The molecule has 0 aromatic heterocycles. The summed E-state index contributed by atoms with van der Waals surface area (Å²) in [6.45, 7) is 3.65. The molecule has 1 saturated heterocycles. The summed E-state index contributed by atoms with van der Waals surface area (Å²) in [4.78, 5) is 42.5. The summed E-state index contributed by atoms with van der Waals surface area (Å²) in [5.74, 6) is -1.52. The molecule has 0 spiro atoms. The van der Waals surface area contributed by atoms with E-state index in [0.29, 0.717) is 13.0 Å². The summed E-state index contributed by atoms with van der Waals surface area (Å²) >= 11 is 0. The van der Waals surface area contributed by atoms with Crippen LogP contribution in [-0.2, 0) is 29.0 Å². The van der Waals surface area contributed by atoms with Crippen LogP contribution in [0, 0.1) is 0 Å². The second kappa shape index (κ2) is 16.0. The number of nitrogens with one attached hydrogen (secondary N) is 1. The fourth-order valence-electron chi connectivity index (χ4n) is 6.08. The van der Waals surface area contributed by atoms with Crippen molar-refractivity contribution in [1.82, 2.24) is 9.62 Å². The van der Waals surface area contributed by atoms with Gasteiger partial charge in [-0.15, -0.1) is 0 Å². The zero-order valence-electron chi connectivity index (χ0n) is 27.8. The van der Waals surface area contributed by atoms with Crippen LogP contribution in [0.15, 0.2) is 60.0 Å². The van der Waals surface area contributed by atoms with E-state index in [1.807, 2.05) is 6.08 Å². The van der Waals surface area contributed by atoms with Gasteiger partial charge in [-0.2, -0.15) is 0 Å². The quantitative estimate of drug-likeness (QED) is 0.257. The van der Waals surface area contributed by atoms with E-state index < -0.39 is 65.7 Å². The van der Waals surface area contributed by atoms with E-state index >= 15 is 0 Å². The molecule has 270 valence electrons. The van der Waals surface area contributed by atoms with E-state index in [4.69, 9.17) is 28.8 Å². The van der Waals surface area contributed by atoms with Gasteiger partial charge < -0.3 is 38.8 Å². The Morgan fingerprint density at radius 3 is 2.58 bits per heavy atom. The minimum atomic E-state index is -3.66. The summed E-state index contributed by atoms with van der Waals surface area (Å²) in [6.07, 6.45) is 1.07. The van der Waals surface area contributed by atoms with Gasteiger partial charge in [0.05, 0.1) is 41.8 Å². The van der Waals surface area contributed by atoms with Gasteiger partial charge in [-0.3, -0.25) is 9.59 Å². The predicted octanol–water partition coefficient (Wildman–Crippen LogP) is 3.13. The number of carboxylic acid groups (broad SMARTS) is 1. The molecule has 5 rings (SSSR count). The van der Waals surface area contributed by atoms with Crippen LogP contribution in [-0.4, -0.2) is 107 Å². The first-order valence-corrected chi connectivity index (χ1v) is 17.6. The lowest BCUT2D eigenvalue weighted by Gasteiger charge is -2.42. The number of amides is 2. The van der Waals surface area contributed by atoms with E-state index in [2.05, 4.69) is 11.3 Å². The van der Waals surface area contributed by atoms with Gasteiger partial charge in [0, 0.05) is 19.2 Å². The van der Waals surface area contributed by atoms with Gasteiger partial charge >= 0.3 is 12.1 Å². The van der Waals surface area contributed by atoms with E-state index in [1.165, 1.54) is 49.4 Å². The molecule has 16 heteroatoms. The maximum absolute atomic E-state index is 14.4. The zero-order chi connectivity index (χ0) is 36.0. The zero-order valence-corrected chi connectivity index (χ0v) is 28.6. The summed E-state index contributed by atoms with van der Waals surface area (Å²) in [5, 5.41) is 19.3. The van der Waals surface area contributed by atoms with Crippen LogP contribution in [0.3, 0.4) is 0 Å². The maximum Gasteiger partial charge on any atom is 0.416 e. The molecule has 15 nitrogen and oxygen atoms in total. The Hall–Kier alpha value is -4.48. The Kier molecular flexibility index (Phi) is 11.8. The predicted molar refractivity (Wildman–Crippen MR) is 179 cm³/mol. The van der Waals surface area contributed by atoms with Crippen LogP contribution >= 0.6 is 0 Å². The number of aliphatic hydroxyl groups excluding tert-OH is 1. The van der Waals surface area contributed by atoms with E-state index in [9.17, 15) is 27.9 Å². The second-order valence-corrected chi connectivity index (χ2v) is 13.7. The van der Waals surface area contributed by atoms with Crippen molar-refractivity contribution >= 4 is 39.3 Å². The van der Waals surface area contributed by atoms with Crippen LogP contribution in [0.4, 0.5) is 10.5 Å². The van der Waals surface area contributed by atoms with Gasteiger partial charge in [-0.1, -0.05) is 30.9 Å². The molecule has 3 aliphatic heterocycles. The highest BCUT2D eigenvalue weighted by Crippen LogP contribution is 2.43. The van der Waals surface area contributed by atoms with Gasteiger partial charge in [0.1, 0.15) is 13.2 Å². The topological polar surface area (TPSA) is 190 Å². The Labute approximate surface area is 290 Å². The molecule has 1 fully saturated rings. The molecule has 3 N–H and O–H groups in total. The largest absolute Gasteiger partial charge is 0.493 e. The summed E-state index contributed by atoms with van der Waals surface area (Å²) in [7, 11) is -0.973. The number of carboxylic acids is 1. The average molecular weight is 716 g/mol. The third-order valence-electron chi connectivity index (χ3n) is 8.58. The molecule has 4 atom stereocenters. The number of aliphatic hydroxyl groups is 1. The number of methoxy groups -OCH3 is 1. The SMILES string of the molecule is C=CCOC(=O)N1c2cc(OC[C@H](O)CC(=O)O)c(OC)cc2C(=O)N2CC=C(c3ccc(S(=O)(=O)NC)cc3)C[C@H]2C1OC1CCCCO1. The molecule has 2 amide bonds. The number of carbonyl (C=O) groups is 3. The Bertz CT molecular complexity index is 1720. The molecule has 3 aliphatic rings. The molecule has 0 saturated carbocycles. The van der Waals surface area contributed by atoms with Crippen molar-refractivity contribution in [3.05, 3.63) is 66.3 Å². The Balaban J connectivity index is 1.61. The van der Waals surface area contributed by atoms with Gasteiger partial charge in [0.25, 0.3) is 5.91 Å². The van der Waals surface area contributed by atoms with Gasteiger partial charge in [-0.05, 0) is 62.1 Å².